The number of thioether (sulfide) groups is 1. The van der Waals surface area contributed by atoms with Gasteiger partial charge in [-0.1, -0.05) is 6.08 Å². The van der Waals surface area contributed by atoms with Gasteiger partial charge in [-0.25, -0.2) is 0 Å². The zero-order valence-corrected chi connectivity index (χ0v) is 7.26. The normalized spacial score (nSPS) is 16.2. The minimum atomic E-state index is -0.124. The van der Waals surface area contributed by atoms with Crippen LogP contribution in [0.15, 0.2) is 35.8 Å². The maximum atomic E-state index is 11.1. The molecule has 0 atom stereocenters. The van der Waals surface area contributed by atoms with Crippen LogP contribution in [-0.2, 0) is 9.59 Å². The van der Waals surface area contributed by atoms with Crippen molar-refractivity contribution < 1.29 is 9.59 Å². The van der Waals surface area contributed by atoms with Crippen molar-refractivity contribution in [2.24, 2.45) is 0 Å². The molecule has 1 rings (SSSR count). The van der Waals surface area contributed by atoms with Crippen molar-refractivity contribution >= 4 is 23.3 Å². The Hall–Kier alpha value is -1.09. The minimum absolute atomic E-state index is 0.0959. The smallest absolute Gasteiger partial charge is 0.192 e. The molecule has 0 N–H and O–H groups in total. The Labute approximate surface area is 75.0 Å². The molecule has 0 fully saturated rings. The average molecular weight is 180 g/mol. The van der Waals surface area contributed by atoms with E-state index in [9.17, 15) is 9.59 Å². The number of carbonyl (C=O) groups is 2. The second-order valence-corrected chi connectivity index (χ2v) is 3.27. The van der Waals surface area contributed by atoms with E-state index in [1.165, 1.54) is 30.0 Å². The molecule has 2 nitrogen and oxygen atoms in total. The molecule has 0 unspecified atom stereocenters. The Kier molecular flexibility index (Phi) is 3.05. The lowest BCUT2D eigenvalue weighted by atomic mass is 10.2. The lowest BCUT2D eigenvalue weighted by molar-refractivity contribution is -0.114. The fourth-order valence-corrected chi connectivity index (χ4v) is 1.46. The minimum Gasteiger partial charge on any atom is -0.290 e. The van der Waals surface area contributed by atoms with Crippen LogP contribution < -0.4 is 0 Å². The van der Waals surface area contributed by atoms with Crippen LogP contribution in [0.1, 0.15) is 0 Å². The average Bonchev–Trinajstić information content (AvgIpc) is 2.07. The second kappa shape index (κ2) is 4.07. The maximum Gasteiger partial charge on any atom is 0.192 e. The molecule has 0 bridgehead atoms. The molecule has 0 saturated heterocycles. The summed E-state index contributed by atoms with van der Waals surface area (Å²) in [4.78, 5) is 22.4. The molecule has 0 aromatic rings. The topological polar surface area (TPSA) is 34.1 Å². The molecule has 0 spiro atoms. The predicted octanol–water partition coefficient (Wildman–Crippen LogP) is 1.50. The number of hydrogen-bond donors (Lipinski definition) is 0. The summed E-state index contributed by atoms with van der Waals surface area (Å²) >= 11 is 1.33. The van der Waals surface area contributed by atoms with Crippen molar-refractivity contribution in [2.75, 3.05) is 5.75 Å². The molecular weight excluding hydrogens is 172 g/mol. The van der Waals surface area contributed by atoms with E-state index in [4.69, 9.17) is 0 Å². The summed E-state index contributed by atoms with van der Waals surface area (Å²) in [7, 11) is 0. The van der Waals surface area contributed by atoms with Crippen molar-refractivity contribution in [1.82, 2.24) is 0 Å². The highest BCUT2D eigenvalue weighted by atomic mass is 32.2. The first-order valence-corrected chi connectivity index (χ1v) is 4.44. The van der Waals surface area contributed by atoms with Crippen LogP contribution in [0.2, 0.25) is 0 Å². The van der Waals surface area contributed by atoms with Gasteiger partial charge in [-0.15, -0.1) is 18.3 Å². The standard InChI is InChI=1S/C9H8O2S/c1-2-5-12-9-6-7(10)3-4-8(9)11/h2-4,6H,1,5H2. The van der Waals surface area contributed by atoms with Crippen molar-refractivity contribution in [3.8, 4) is 0 Å². The van der Waals surface area contributed by atoms with Crippen LogP contribution in [0.25, 0.3) is 0 Å². The summed E-state index contributed by atoms with van der Waals surface area (Å²) in [6.07, 6.45) is 5.63. The van der Waals surface area contributed by atoms with Crippen LogP contribution in [0.4, 0.5) is 0 Å². The highest BCUT2D eigenvalue weighted by Crippen LogP contribution is 2.19. The first-order chi connectivity index (χ1) is 5.74. The van der Waals surface area contributed by atoms with Gasteiger partial charge in [0, 0.05) is 11.8 Å². The van der Waals surface area contributed by atoms with E-state index in [0.29, 0.717) is 10.7 Å². The van der Waals surface area contributed by atoms with Crippen LogP contribution in [-0.4, -0.2) is 17.3 Å². The lowest BCUT2D eigenvalue weighted by Gasteiger charge is -2.03. The lowest BCUT2D eigenvalue weighted by Crippen LogP contribution is -2.04. The maximum absolute atomic E-state index is 11.1. The molecule has 0 radical (unpaired) electrons. The van der Waals surface area contributed by atoms with Crippen LogP contribution in [0.3, 0.4) is 0 Å². The fourth-order valence-electron chi connectivity index (χ4n) is 0.750. The first kappa shape index (κ1) is 9.00. The summed E-state index contributed by atoms with van der Waals surface area (Å²) in [5.41, 5.74) is 0. The van der Waals surface area contributed by atoms with Gasteiger partial charge in [0.1, 0.15) is 0 Å². The Morgan fingerprint density at radius 2 is 2.17 bits per heavy atom. The highest BCUT2D eigenvalue weighted by Gasteiger charge is 2.12. The van der Waals surface area contributed by atoms with E-state index in [-0.39, 0.29) is 11.6 Å². The summed E-state index contributed by atoms with van der Waals surface area (Å²) in [6, 6.07) is 0. The molecular formula is C9H8O2S. The molecule has 3 heteroatoms. The molecule has 12 heavy (non-hydrogen) atoms. The number of ketones is 2. The van der Waals surface area contributed by atoms with Gasteiger partial charge in [0.15, 0.2) is 11.6 Å². The third-order valence-electron chi connectivity index (χ3n) is 1.27. The van der Waals surface area contributed by atoms with Crippen molar-refractivity contribution in [3.05, 3.63) is 35.8 Å². The second-order valence-electron chi connectivity index (χ2n) is 2.21. The van der Waals surface area contributed by atoms with Gasteiger partial charge in [-0.3, -0.25) is 9.59 Å². The molecule has 0 aromatic heterocycles. The summed E-state index contributed by atoms with van der Waals surface area (Å²) in [6.45, 7) is 3.53. The largest absolute Gasteiger partial charge is 0.290 e. The molecule has 1 aliphatic rings. The third kappa shape index (κ3) is 2.20. The first-order valence-electron chi connectivity index (χ1n) is 3.46. The molecule has 0 saturated carbocycles. The van der Waals surface area contributed by atoms with Crippen molar-refractivity contribution in [3.63, 3.8) is 0 Å². The van der Waals surface area contributed by atoms with Crippen LogP contribution in [0, 0.1) is 0 Å². The van der Waals surface area contributed by atoms with Gasteiger partial charge in [-0.05, 0) is 12.2 Å². The zero-order chi connectivity index (χ0) is 8.97. The summed E-state index contributed by atoms with van der Waals surface area (Å²) in [5.74, 6) is 0.432. The Morgan fingerprint density at radius 3 is 2.83 bits per heavy atom. The van der Waals surface area contributed by atoms with Crippen molar-refractivity contribution in [1.29, 1.82) is 0 Å². The van der Waals surface area contributed by atoms with E-state index in [0.717, 1.165) is 0 Å². The van der Waals surface area contributed by atoms with Gasteiger partial charge in [0.2, 0.25) is 0 Å². The van der Waals surface area contributed by atoms with E-state index in [1.807, 2.05) is 0 Å². The van der Waals surface area contributed by atoms with Gasteiger partial charge >= 0.3 is 0 Å². The van der Waals surface area contributed by atoms with E-state index < -0.39 is 0 Å². The number of carbonyl (C=O) groups excluding carboxylic acids is 2. The van der Waals surface area contributed by atoms with E-state index >= 15 is 0 Å². The zero-order valence-electron chi connectivity index (χ0n) is 6.45. The number of rotatable bonds is 3. The van der Waals surface area contributed by atoms with E-state index in [1.54, 1.807) is 6.08 Å². The summed E-state index contributed by atoms with van der Waals surface area (Å²) < 4.78 is 0. The molecule has 0 aromatic carbocycles. The molecule has 62 valence electrons. The quantitative estimate of drug-likeness (QED) is 0.487. The molecule has 0 aliphatic heterocycles. The van der Waals surface area contributed by atoms with Crippen molar-refractivity contribution in [2.45, 2.75) is 0 Å². The van der Waals surface area contributed by atoms with Gasteiger partial charge < -0.3 is 0 Å². The highest BCUT2D eigenvalue weighted by molar-refractivity contribution is 8.04. The Balaban J connectivity index is 2.67. The van der Waals surface area contributed by atoms with Gasteiger partial charge in [-0.2, -0.15) is 0 Å². The SMILES string of the molecule is C=CCSC1=CC(=O)C=CC1=O. The Bertz CT molecular complexity index is 287. The molecule has 1 aliphatic carbocycles. The van der Waals surface area contributed by atoms with Crippen LogP contribution in [0.5, 0.6) is 0 Å². The van der Waals surface area contributed by atoms with E-state index in [2.05, 4.69) is 6.58 Å². The molecule has 0 amide bonds. The Morgan fingerprint density at radius 1 is 1.42 bits per heavy atom. The molecule has 0 heterocycles. The monoisotopic (exact) mass is 180 g/mol. The summed E-state index contributed by atoms with van der Waals surface area (Å²) in [5, 5.41) is 0. The van der Waals surface area contributed by atoms with Crippen LogP contribution >= 0.6 is 11.8 Å². The van der Waals surface area contributed by atoms with Gasteiger partial charge in [0.05, 0.1) is 4.91 Å². The third-order valence-corrected chi connectivity index (χ3v) is 2.30. The number of allylic oxidation sites excluding steroid dienone is 4. The van der Waals surface area contributed by atoms with Gasteiger partial charge in [0.25, 0.3) is 0 Å². The fraction of sp³-hybridized carbons (Fsp3) is 0.111. The number of hydrogen-bond acceptors (Lipinski definition) is 3. The predicted molar refractivity (Wildman–Crippen MR) is 49.9 cm³/mol.